The fraction of sp³-hybridized carbons (Fsp3) is 0.615. The number of aromatic nitrogens is 1. The Bertz CT molecular complexity index is 471. The molecule has 1 aromatic heterocycles. The van der Waals surface area contributed by atoms with Crippen molar-refractivity contribution in [3.8, 4) is 5.75 Å². The van der Waals surface area contributed by atoms with Gasteiger partial charge in [-0.2, -0.15) is 0 Å². The third-order valence-corrected chi connectivity index (χ3v) is 2.81. The predicted molar refractivity (Wildman–Crippen MR) is 76.6 cm³/mol. The lowest BCUT2D eigenvalue weighted by atomic mass is 9.85. The number of hydrogen-bond acceptors (Lipinski definition) is 5. The maximum atomic E-state index is 13.0. The molecule has 0 amide bonds. The molecule has 1 atom stereocenters. The molecule has 21 heavy (non-hydrogen) atoms. The lowest BCUT2D eigenvalue weighted by Gasteiger charge is -2.27. The van der Waals surface area contributed by atoms with Gasteiger partial charge in [-0.1, -0.05) is 13.8 Å². The average molecular weight is 302 g/mol. The molecule has 0 aliphatic heterocycles. The molecule has 0 aromatic carbocycles. The van der Waals surface area contributed by atoms with E-state index in [1.54, 1.807) is 6.92 Å². The monoisotopic (exact) mass is 302 g/mol. The van der Waals surface area contributed by atoms with Crippen molar-refractivity contribution in [2.75, 3.05) is 6.61 Å². The van der Waals surface area contributed by atoms with Crippen LogP contribution in [0.15, 0.2) is 12.1 Å². The van der Waals surface area contributed by atoms with Crippen LogP contribution in [0.1, 0.15) is 39.3 Å². The first-order valence-electron chi connectivity index (χ1n) is 6.69. The Morgan fingerprint density at radius 2 is 2.00 bits per heavy atom. The summed E-state index contributed by atoms with van der Waals surface area (Å²) >= 11 is 0. The molecule has 0 aliphatic carbocycles. The minimum Gasteiger partial charge on any atom is -0.490 e. The van der Waals surface area contributed by atoms with Crippen molar-refractivity contribution in [3.63, 3.8) is 0 Å². The number of halogens is 2. The van der Waals surface area contributed by atoms with Crippen molar-refractivity contribution in [3.05, 3.63) is 17.8 Å². The molecule has 4 N–H and O–H groups in total. The molecule has 5 nitrogen and oxygen atoms in total. The van der Waals surface area contributed by atoms with Crippen molar-refractivity contribution < 1.29 is 23.6 Å². The van der Waals surface area contributed by atoms with Gasteiger partial charge in [0.2, 0.25) is 0 Å². The van der Waals surface area contributed by atoms with Gasteiger partial charge < -0.3 is 20.5 Å². The van der Waals surface area contributed by atoms with Gasteiger partial charge in [-0.15, -0.1) is 0 Å². The van der Waals surface area contributed by atoms with Crippen LogP contribution >= 0.6 is 0 Å². The zero-order valence-corrected chi connectivity index (χ0v) is 12.4. The van der Waals surface area contributed by atoms with E-state index < -0.39 is 24.8 Å². The van der Waals surface area contributed by atoms with E-state index in [4.69, 9.17) is 20.5 Å². The van der Waals surface area contributed by atoms with Crippen molar-refractivity contribution >= 4 is 12.7 Å². The third kappa shape index (κ3) is 5.57. The van der Waals surface area contributed by atoms with Gasteiger partial charge in [0.1, 0.15) is 18.1 Å². The lowest BCUT2D eigenvalue weighted by Crippen LogP contribution is -2.43. The number of nitrogens with two attached hydrogens (primary N) is 1. The largest absolute Gasteiger partial charge is 0.508 e. The van der Waals surface area contributed by atoms with E-state index in [0.717, 1.165) is 0 Å². The van der Waals surface area contributed by atoms with Crippen molar-refractivity contribution in [1.82, 2.24) is 4.98 Å². The summed E-state index contributed by atoms with van der Waals surface area (Å²) in [6.07, 6.45) is -2.20. The standard InChI is InChI=1S/C13H21BF2N2O3/c1-8(2)6-13(3,17)7-21-9-4-5-10(14(19)20)18-11(9)12(15)16/h4-5,8,12,19-20H,6-7,17H2,1-3H3/t13-/m1/s1. The first-order chi connectivity index (χ1) is 9.62. The summed E-state index contributed by atoms with van der Waals surface area (Å²) in [5.41, 5.74) is 4.53. The molecule has 0 fully saturated rings. The van der Waals surface area contributed by atoms with Gasteiger partial charge in [0, 0.05) is 5.54 Å². The molecule has 1 rings (SSSR count). The summed E-state index contributed by atoms with van der Waals surface area (Å²) in [4.78, 5) is 3.52. The Balaban J connectivity index is 2.88. The molecule has 0 spiro atoms. The average Bonchev–Trinajstić information content (AvgIpc) is 2.34. The summed E-state index contributed by atoms with van der Waals surface area (Å²) in [5.74, 6) is 0.248. The number of rotatable bonds is 7. The Labute approximate surface area is 123 Å². The quantitative estimate of drug-likeness (QED) is 0.650. The molecule has 1 aromatic rings. The highest BCUT2D eigenvalue weighted by Crippen LogP contribution is 2.27. The van der Waals surface area contributed by atoms with Crippen LogP contribution in [0.3, 0.4) is 0 Å². The van der Waals surface area contributed by atoms with E-state index in [2.05, 4.69) is 4.98 Å². The van der Waals surface area contributed by atoms with Crippen LogP contribution in [0, 0.1) is 5.92 Å². The van der Waals surface area contributed by atoms with Gasteiger partial charge in [0.05, 0.1) is 5.59 Å². The van der Waals surface area contributed by atoms with Crippen LogP contribution in [0.2, 0.25) is 0 Å². The van der Waals surface area contributed by atoms with E-state index in [0.29, 0.717) is 12.3 Å². The summed E-state index contributed by atoms with van der Waals surface area (Å²) in [6, 6.07) is 2.47. The number of alkyl halides is 2. The first-order valence-corrected chi connectivity index (χ1v) is 6.69. The highest BCUT2D eigenvalue weighted by Gasteiger charge is 2.25. The Morgan fingerprint density at radius 1 is 1.38 bits per heavy atom. The second-order valence-corrected chi connectivity index (χ2v) is 5.83. The second-order valence-electron chi connectivity index (χ2n) is 5.83. The van der Waals surface area contributed by atoms with Crippen LogP contribution in [0.5, 0.6) is 5.75 Å². The number of nitrogens with zero attached hydrogens (tertiary/aromatic N) is 1. The van der Waals surface area contributed by atoms with Crippen LogP contribution in [-0.2, 0) is 0 Å². The van der Waals surface area contributed by atoms with Gasteiger partial charge in [-0.05, 0) is 31.4 Å². The maximum Gasteiger partial charge on any atom is 0.508 e. The van der Waals surface area contributed by atoms with Crippen LogP contribution < -0.4 is 16.1 Å². The number of pyridine rings is 1. The maximum absolute atomic E-state index is 13.0. The highest BCUT2D eigenvalue weighted by atomic mass is 19.3. The molecular weight excluding hydrogens is 281 g/mol. The first kappa shape index (κ1) is 17.8. The van der Waals surface area contributed by atoms with Crippen LogP contribution in [0.4, 0.5) is 8.78 Å². The van der Waals surface area contributed by atoms with Crippen LogP contribution in [-0.4, -0.2) is 34.3 Å². The number of ether oxygens (including phenoxy) is 1. The van der Waals surface area contributed by atoms with Gasteiger partial charge in [0.25, 0.3) is 6.43 Å². The van der Waals surface area contributed by atoms with Gasteiger partial charge in [-0.3, -0.25) is 4.98 Å². The van der Waals surface area contributed by atoms with Gasteiger partial charge in [0.15, 0.2) is 0 Å². The molecular formula is C13H21BF2N2O3. The highest BCUT2D eigenvalue weighted by molar-refractivity contribution is 6.57. The smallest absolute Gasteiger partial charge is 0.490 e. The molecule has 0 radical (unpaired) electrons. The lowest BCUT2D eigenvalue weighted by molar-refractivity contribution is 0.134. The summed E-state index contributed by atoms with van der Waals surface area (Å²) in [7, 11) is -1.91. The topological polar surface area (TPSA) is 88.6 Å². The van der Waals surface area contributed by atoms with E-state index in [1.165, 1.54) is 12.1 Å². The molecule has 0 saturated heterocycles. The van der Waals surface area contributed by atoms with Gasteiger partial charge in [-0.25, -0.2) is 8.78 Å². The fourth-order valence-corrected chi connectivity index (χ4v) is 2.13. The predicted octanol–water partition coefficient (Wildman–Crippen LogP) is 0.841. The minimum atomic E-state index is -2.88. The Kier molecular flexibility index (Phi) is 6.06. The van der Waals surface area contributed by atoms with E-state index in [1.807, 2.05) is 13.8 Å². The van der Waals surface area contributed by atoms with Crippen molar-refractivity contribution in [1.29, 1.82) is 0 Å². The van der Waals surface area contributed by atoms with E-state index in [-0.39, 0.29) is 17.9 Å². The zero-order valence-electron chi connectivity index (χ0n) is 12.4. The molecule has 0 saturated carbocycles. The van der Waals surface area contributed by atoms with Gasteiger partial charge >= 0.3 is 7.12 Å². The third-order valence-electron chi connectivity index (χ3n) is 2.81. The molecule has 1 heterocycles. The molecule has 118 valence electrons. The molecule has 8 heteroatoms. The number of hydrogen-bond donors (Lipinski definition) is 3. The second kappa shape index (κ2) is 7.15. The molecule has 0 bridgehead atoms. The van der Waals surface area contributed by atoms with E-state index in [9.17, 15) is 8.78 Å². The minimum absolute atomic E-state index is 0.0631. The normalized spacial score (nSPS) is 14.4. The summed E-state index contributed by atoms with van der Waals surface area (Å²) in [5, 5.41) is 17.9. The van der Waals surface area contributed by atoms with Crippen molar-refractivity contribution in [2.45, 2.75) is 39.2 Å². The van der Waals surface area contributed by atoms with E-state index >= 15 is 0 Å². The fourth-order valence-electron chi connectivity index (χ4n) is 2.13. The molecule has 0 unspecified atom stereocenters. The SMILES string of the molecule is CC(C)C[C@@](C)(N)COc1ccc(B(O)O)nc1C(F)F. The van der Waals surface area contributed by atoms with Crippen molar-refractivity contribution in [2.24, 2.45) is 11.7 Å². The summed E-state index contributed by atoms with van der Waals surface area (Å²) in [6.45, 7) is 5.87. The zero-order chi connectivity index (χ0) is 16.2. The Morgan fingerprint density at radius 3 is 2.48 bits per heavy atom. The molecule has 0 aliphatic rings. The summed E-state index contributed by atoms with van der Waals surface area (Å²) < 4.78 is 31.3. The Hall–Kier alpha value is -1.25. The van der Waals surface area contributed by atoms with Crippen LogP contribution in [0.25, 0.3) is 0 Å².